The van der Waals surface area contributed by atoms with Gasteiger partial charge in [0, 0.05) is 19.6 Å². The lowest BCUT2D eigenvalue weighted by Crippen LogP contribution is -2.36. The molecule has 1 aromatic heterocycles. The summed E-state index contributed by atoms with van der Waals surface area (Å²) in [5, 5.41) is 4.17. The maximum absolute atomic E-state index is 14.2. The highest BCUT2D eigenvalue weighted by molar-refractivity contribution is 5.95. The van der Waals surface area contributed by atoms with Crippen molar-refractivity contribution in [2.75, 3.05) is 27.2 Å². The second-order valence-corrected chi connectivity index (χ2v) is 7.73. The third-order valence-corrected chi connectivity index (χ3v) is 5.05. The third-order valence-electron chi connectivity index (χ3n) is 5.05. The van der Waals surface area contributed by atoms with Crippen molar-refractivity contribution in [2.24, 2.45) is 0 Å². The molecule has 1 amide bonds. The van der Waals surface area contributed by atoms with Gasteiger partial charge in [0.25, 0.3) is 5.91 Å². The molecule has 5 nitrogen and oxygen atoms in total. The topological polar surface area (TPSA) is 41.4 Å². The van der Waals surface area contributed by atoms with Crippen LogP contribution in [-0.2, 0) is 12.7 Å². The number of halogens is 4. The zero-order valence-electron chi connectivity index (χ0n) is 18.0. The van der Waals surface area contributed by atoms with Gasteiger partial charge in [-0.25, -0.2) is 9.07 Å². The van der Waals surface area contributed by atoms with Gasteiger partial charge >= 0.3 is 6.18 Å². The summed E-state index contributed by atoms with van der Waals surface area (Å²) < 4.78 is 54.9. The monoisotopic (exact) mass is 448 g/mol. The van der Waals surface area contributed by atoms with Crippen molar-refractivity contribution >= 4 is 5.91 Å². The molecule has 0 saturated carbocycles. The van der Waals surface area contributed by atoms with Crippen molar-refractivity contribution in [1.29, 1.82) is 0 Å². The zero-order chi connectivity index (χ0) is 23.5. The van der Waals surface area contributed by atoms with Crippen LogP contribution >= 0.6 is 0 Å². The fraction of sp³-hybridized carbons (Fsp3) is 0.304. The normalized spacial score (nSPS) is 11.8. The number of para-hydroxylation sites is 1. The van der Waals surface area contributed by atoms with Gasteiger partial charge in [-0.3, -0.25) is 4.79 Å². The summed E-state index contributed by atoms with van der Waals surface area (Å²) in [6.45, 7) is 2.47. The molecule has 32 heavy (non-hydrogen) atoms. The highest BCUT2D eigenvalue weighted by Gasteiger charge is 2.31. The quantitative estimate of drug-likeness (QED) is 0.499. The molecule has 3 aromatic rings. The number of benzene rings is 2. The Hall–Kier alpha value is -3.20. The number of hydrogen-bond donors (Lipinski definition) is 0. The van der Waals surface area contributed by atoms with Crippen molar-refractivity contribution in [3.8, 4) is 5.69 Å². The van der Waals surface area contributed by atoms with Crippen LogP contribution in [0.15, 0.2) is 54.7 Å². The van der Waals surface area contributed by atoms with Gasteiger partial charge < -0.3 is 9.80 Å². The molecule has 0 radical (unpaired) electrons. The number of likely N-dealkylation sites (N-methyl/N-ethyl adjacent to an activating group) is 1. The van der Waals surface area contributed by atoms with Gasteiger partial charge in [0.2, 0.25) is 0 Å². The third kappa shape index (κ3) is 5.34. The van der Waals surface area contributed by atoms with E-state index in [0.29, 0.717) is 24.3 Å². The van der Waals surface area contributed by atoms with E-state index in [0.717, 1.165) is 12.1 Å². The molecule has 0 N–H and O–H groups in total. The minimum absolute atomic E-state index is 0.000904. The predicted molar refractivity (Wildman–Crippen MR) is 113 cm³/mol. The van der Waals surface area contributed by atoms with E-state index in [2.05, 4.69) is 5.10 Å². The number of rotatable bonds is 7. The Morgan fingerprint density at radius 3 is 2.44 bits per heavy atom. The van der Waals surface area contributed by atoms with E-state index in [-0.39, 0.29) is 23.7 Å². The predicted octanol–water partition coefficient (Wildman–Crippen LogP) is 4.54. The molecule has 0 unspecified atom stereocenters. The molecule has 0 fully saturated rings. The summed E-state index contributed by atoms with van der Waals surface area (Å²) in [5.74, 6) is -0.865. The van der Waals surface area contributed by atoms with Crippen LogP contribution in [0.2, 0.25) is 0 Å². The molecule has 0 aliphatic carbocycles. The van der Waals surface area contributed by atoms with E-state index in [9.17, 15) is 22.4 Å². The maximum atomic E-state index is 14.2. The molecule has 0 aliphatic heterocycles. The lowest BCUT2D eigenvalue weighted by molar-refractivity contribution is -0.137. The molecule has 3 rings (SSSR count). The summed E-state index contributed by atoms with van der Waals surface area (Å²) in [4.78, 5) is 16.7. The van der Waals surface area contributed by atoms with Crippen LogP contribution in [0, 0.1) is 12.7 Å². The Kier molecular flexibility index (Phi) is 6.98. The van der Waals surface area contributed by atoms with E-state index < -0.39 is 17.6 Å². The van der Waals surface area contributed by atoms with Crippen molar-refractivity contribution in [3.05, 3.63) is 82.9 Å². The Bertz CT molecular complexity index is 1090. The number of alkyl halides is 3. The molecular weight excluding hydrogens is 424 g/mol. The highest BCUT2D eigenvalue weighted by atomic mass is 19.4. The molecule has 9 heteroatoms. The fourth-order valence-electron chi connectivity index (χ4n) is 3.30. The number of nitrogens with zero attached hydrogens (tertiary/aromatic N) is 4. The summed E-state index contributed by atoms with van der Waals surface area (Å²) in [7, 11) is 3.68. The summed E-state index contributed by atoms with van der Waals surface area (Å²) in [6.07, 6.45) is -3.11. The maximum Gasteiger partial charge on any atom is 0.416 e. The molecule has 0 aliphatic rings. The first-order valence-corrected chi connectivity index (χ1v) is 9.97. The van der Waals surface area contributed by atoms with E-state index in [1.165, 1.54) is 27.9 Å². The van der Waals surface area contributed by atoms with E-state index in [1.54, 1.807) is 31.2 Å². The lowest BCUT2D eigenvalue weighted by Gasteiger charge is -2.25. The van der Waals surface area contributed by atoms with Crippen molar-refractivity contribution < 1.29 is 22.4 Å². The SMILES string of the molecule is Cc1c(C(=O)N(CCN(C)C)Cc2cccc(C(F)(F)F)c2)cnn1-c1ccccc1F. The Balaban J connectivity index is 1.91. The van der Waals surface area contributed by atoms with Crippen LogP contribution in [0.1, 0.15) is 27.2 Å². The number of carbonyl (C=O) groups is 1. The highest BCUT2D eigenvalue weighted by Crippen LogP contribution is 2.30. The molecule has 0 spiro atoms. The van der Waals surface area contributed by atoms with Crippen LogP contribution in [-0.4, -0.2) is 52.7 Å². The molecule has 1 heterocycles. The molecular formula is C23H24F4N4O. The van der Waals surface area contributed by atoms with Gasteiger partial charge in [-0.1, -0.05) is 24.3 Å². The van der Waals surface area contributed by atoms with Crippen molar-refractivity contribution in [1.82, 2.24) is 19.6 Å². The van der Waals surface area contributed by atoms with Gasteiger partial charge in [0.1, 0.15) is 11.5 Å². The minimum Gasteiger partial charge on any atom is -0.333 e. The van der Waals surface area contributed by atoms with Crippen LogP contribution in [0.5, 0.6) is 0 Å². The Morgan fingerprint density at radius 2 is 1.78 bits per heavy atom. The molecule has 0 saturated heterocycles. The van der Waals surface area contributed by atoms with Gasteiger partial charge in [-0.05, 0) is 50.8 Å². The smallest absolute Gasteiger partial charge is 0.333 e. The second kappa shape index (κ2) is 9.52. The molecule has 0 atom stereocenters. The summed E-state index contributed by atoms with van der Waals surface area (Å²) >= 11 is 0. The number of carbonyl (C=O) groups excluding carboxylic acids is 1. The largest absolute Gasteiger partial charge is 0.416 e. The van der Waals surface area contributed by atoms with Gasteiger partial charge in [-0.15, -0.1) is 0 Å². The van der Waals surface area contributed by atoms with Crippen LogP contribution in [0.25, 0.3) is 5.69 Å². The molecule has 2 aromatic carbocycles. The number of hydrogen-bond acceptors (Lipinski definition) is 3. The van der Waals surface area contributed by atoms with Gasteiger partial charge in [0.05, 0.1) is 23.0 Å². The second-order valence-electron chi connectivity index (χ2n) is 7.73. The van der Waals surface area contributed by atoms with Crippen LogP contribution in [0.3, 0.4) is 0 Å². The standard InChI is InChI=1S/C23H24F4N4O/c1-16-19(14-28-31(16)21-10-5-4-9-20(21)24)22(32)30(12-11-29(2)3)15-17-7-6-8-18(13-17)23(25,26)27/h4-10,13-14H,11-12,15H2,1-3H3. The first kappa shape index (κ1) is 23.5. The number of aromatic nitrogens is 2. The van der Waals surface area contributed by atoms with Crippen molar-refractivity contribution in [3.63, 3.8) is 0 Å². The molecule has 0 bridgehead atoms. The Labute approximate surface area is 183 Å². The zero-order valence-corrected chi connectivity index (χ0v) is 18.0. The lowest BCUT2D eigenvalue weighted by atomic mass is 10.1. The fourth-order valence-corrected chi connectivity index (χ4v) is 3.30. The van der Waals surface area contributed by atoms with Gasteiger partial charge in [-0.2, -0.15) is 18.3 Å². The molecule has 170 valence electrons. The first-order valence-electron chi connectivity index (χ1n) is 9.97. The van der Waals surface area contributed by atoms with E-state index >= 15 is 0 Å². The van der Waals surface area contributed by atoms with E-state index in [1.807, 2.05) is 19.0 Å². The van der Waals surface area contributed by atoms with E-state index in [4.69, 9.17) is 0 Å². The van der Waals surface area contributed by atoms with Gasteiger partial charge in [0.15, 0.2) is 0 Å². The first-order chi connectivity index (χ1) is 15.1. The minimum atomic E-state index is -4.47. The number of amides is 1. The van der Waals surface area contributed by atoms with Crippen molar-refractivity contribution in [2.45, 2.75) is 19.6 Å². The van der Waals surface area contributed by atoms with Crippen LogP contribution < -0.4 is 0 Å². The summed E-state index contributed by atoms with van der Waals surface area (Å²) in [5.41, 5.74) is 0.518. The van der Waals surface area contributed by atoms with Crippen LogP contribution in [0.4, 0.5) is 17.6 Å². The average molecular weight is 448 g/mol. The Morgan fingerprint density at radius 1 is 1.06 bits per heavy atom. The average Bonchev–Trinajstić information content (AvgIpc) is 3.11. The summed E-state index contributed by atoms with van der Waals surface area (Å²) in [6, 6.07) is 11.0.